The summed E-state index contributed by atoms with van der Waals surface area (Å²) >= 11 is 0. The Morgan fingerprint density at radius 1 is 0.667 bits per heavy atom. The van der Waals surface area contributed by atoms with E-state index in [4.69, 9.17) is 18.9 Å². The zero-order chi connectivity index (χ0) is 24.4. The van der Waals surface area contributed by atoms with E-state index in [1.165, 1.54) is 0 Å². The van der Waals surface area contributed by atoms with Crippen LogP contribution in [0.3, 0.4) is 0 Å². The molecule has 33 heavy (non-hydrogen) atoms. The van der Waals surface area contributed by atoms with Crippen molar-refractivity contribution in [2.75, 3.05) is 26.4 Å². The molecule has 0 radical (unpaired) electrons. The highest BCUT2D eigenvalue weighted by Crippen LogP contribution is 2.28. The fraction of sp³-hybridized carbons (Fsp3) is 1.00. The Labute approximate surface area is 188 Å². The van der Waals surface area contributed by atoms with Gasteiger partial charge in [-0.1, -0.05) is 0 Å². The van der Waals surface area contributed by atoms with Crippen molar-refractivity contribution in [3.63, 3.8) is 0 Å². The summed E-state index contributed by atoms with van der Waals surface area (Å²) in [6, 6.07) is -0.819. The van der Waals surface area contributed by atoms with Crippen molar-refractivity contribution >= 4 is 0 Å². The average Bonchev–Trinajstić information content (AvgIpc) is 2.80. The first-order valence-corrected chi connectivity index (χ1v) is 10.6. The molecule has 0 aromatic rings. The molecule has 3 heterocycles. The van der Waals surface area contributed by atoms with Crippen molar-refractivity contribution in [3.8, 4) is 0 Å². The molecule has 15 nitrogen and oxygen atoms in total. The molecule has 0 aliphatic carbocycles. The number of nitrogens with one attached hydrogen (secondary N) is 1. The second-order valence-electron chi connectivity index (χ2n) is 8.40. The molecule has 0 bridgehead atoms. The predicted octanol–water partition coefficient (Wildman–Crippen LogP) is -7.32. The van der Waals surface area contributed by atoms with Crippen LogP contribution >= 0.6 is 0 Å². The van der Waals surface area contributed by atoms with Crippen molar-refractivity contribution in [2.24, 2.45) is 0 Å². The van der Waals surface area contributed by atoms with Gasteiger partial charge in [-0.05, 0) is 0 Å². The normalized spacial score (nSPS) is 51.5. The van der Waals surface area contributed by atoms with Crippen LogP contribution in [0.2, 0.25) is 0 Å². The fourth-order valence-electron chi connectivity index (χ4n) is 4.03. The lowest BCUT2D eigenvalue weighted by molar-refractivity contribution is -0.343. The van der Waals surface area contributed by atoms with E-state index in [1.807, 2.05) is 0 Å². The van der Waals surface area contributed by atoms with Gasteiger partial charge in [0.2, 0.25) is 0 Å². The highest BCUT2D eigenvalue weighted by molar-refractivity contribution is 4.96. The number of hydrogen-bond donors (Lipinski definition) is 11. The summed E-state index contributed by atoms with van der Waals surface area (Å²) in [6.45, 7) is -1.72. The van der Waals surface area contributed by atoms with E-state index < -0.39 is 106 Å². The Balaban J connectivity index is 1.64. The van der Waals surface area contributed by atoms with Crippen molar-refractivity contribution in [3.05, 3.63) is 0 Å². The maximum absolute atomic E-state index is 10.3. The van der Waals surface area contributed by atoms with E-state index in [0.29, 0.717) is 0 Å². The molecule has 3 saturated heterocycles. The Kier molecular flexibility index (Phi) is 9.35. The minimum Gasteiger partial charge on any atom is -0.395 e. The molecule has 0 aromatic carbocycles. The van der Waals surface area contributed by atoms with Gasteiger partial charge in [0.25, 0.3) is 0 Å². The first-order chi connectivity index (χ1) is 15.6. The molecule has 14 atom stereocenters. The first kappa shape index (κ1) is 27.0. The molecule has 0 amide bonds. The zero-order valence-electron chi connectivity index (χ0n) is 17.5. The Morgan fingerprint density at radius 2 is 1.24 bits per heavy atom. The molecular formula is C18H33NO14. The molecule has 0 saturated carbocycles. The van der Waals surface area contributed by atoms with E-state index in [-0.39, 0.29) is 6.54 Å². The quantitative estimate of drug-likeness (QED) is 0.159. The van der Waals surface area contributed by atoms with Gasteiger partial charge in [0.15, 0.2) is 12.6 Å². The summed E-state index contributed by atoms with van der Waals surface area (Å²) in [5.41, 5.74) is 0. The van der Waals surface area contributed by atoms with Crippen LogP contribution in [0.4, 0.5) is 0 Å². The summed E-state index contributed by atoms with van der Waals surface area (Å²) in [4.78, 5) is 0. The fourth-order valence-corrected chi connectivity index (χ4v) is 4.03. The van der Waals surface area contributed by atoms with E-state index >= 15 is 0 Å². The number of rotatable bonds is 7. The monoisotopic (exact) mass is 487 g/mol. The zero-order valence-corrected chi connectivity index (χ0v) is 17.5. The van der Waals surface area contributed by atoms with Gasteiger partial charge in [-0.3, -0.25) is 0 Å². The van der Waals surface area contributed by atoms with E-state index in [2.05, 4.69) is 5.32 Å². The van der Waals surface area contributed by atoms with Crippen LogP contribution in [-0.2, 0) is 18.9 Å². The van der Waals surface area contributed by atoms with Crippen LogP contribution in [0.5, 0.6) is 0 Å². The van der Waals surface area contributed by atoms with Crippen LogP contribution in [0.25, 0.3) is 0 Å². The van der Waals surface area contributed by atoms with Crippen LogP contribution < -0.4 is 5.32 Å². The molecule has 3 fully saturated rings. The molecule has 3 rings (SSSR count). The summed E-state index contributed by atoms with van der Waals surface area (Å²) in [5, 5.41) is 102. The van der Waals surface area contributed by atoms with Gasteiger partial charge < -0.3 is 75.3 Å². The van der Waals surface area contributed by atoms with Gasteiger partial charge in [-0.25, -0.2) is 0 Å². The van der Waals surface area contributed by atoms with Gasteiger partial charge in [-0.15, -0.1) is 0 Å². The van der Waals surface area contributed by atoms with Gasteiger partial charge >= 0.3 is 0 Å². The number of piperidine rings is 1. The maximum Gasteiger partial charge on any atom is 0.187 e. The topological polar surface area (TPSA) is 251 Å². The lowest BCUT2D eigenvalue weighted by atomic mass is 9.95. The summed E-state index contributed by atoms with van der Waals surface area (Å²) in [7, 11) is 0. The van der Waals surface area contributed by atoms with Crippen molar-refractivity contribution in [2.45, 2.75) is 85.8 Å². The minimum absolute atomic E-state index is 0.0371. The molecule has 0 unspecified atom stereocenters. The van der Waals surface area contributed by atoms with E-state index in [0.717, 1.165) is 0 Å². The second kappa shape index (κ2) is 11.4. The van der Waals surface area contributed by atoms with E-state index in [1.54, 1.807) is 0 Å². The highest BCUT2D eigenvalue weighted by Gasteiger charge is 2.49. The van der Waals surface area contributed by atoms with Crippen molar-refractivity contribution in [1.82, 2.24) is 5.32 Å². The average molecular weight is 487 g/mol. The number of hydrogen-bond acceptors (Lipinski definition) is 15. The number of ether oxygens (including phenoxy) is 4. The third kappa shape index (κ3) is 5.64. The standard InChI is InChI=1S/C18H33NO14/c20-2-5-9(23)16(6(22)1-19-5)33-18-15(29)13(27)11(25)8(32-18)4-30-17-14(28)12(26)10(24)7(3-21)31-17/h5-29H,1-4H2/t5-,6+,7-,8-,9-,10-,11-,12+,13+,14-,15-,16-,17-,18+/m1/s1. The molecule has 194 valence electrons. The maximum atomic E-state index is 10.3. The highest BCUT2D eigenvalue weighted by atomic mass is 16.7. The van der Waals surface area contributed by atoms with Crippen molar-refractivity contribution in [1.29, 1.82) is 0 Å². The summed E-state index contributed by atoms with van der Waals surface area (Å²) in [6.07, 6.45) is -19.9. The lowest BCUT2D eigenvalue weighted by Crippen LogP contribution is -2.65. The molecule has 3 aliphatic rings. The lowest BCUT2D eigenvalue weighted by Gasteiger charge is -2.45. The molecule has 15 heteroatoms. The summed E-state index contributed by atoms with van der Waals surface area (Å²) < 4.78 is 21.5. The van der Waals surface area contributed by atoms with Crippen LogP contribution in [0.15, 0.2) is 0 Å². The number of aliphatic hydroxyl groups excluding tert-OH is 10. The van der Waals surface area contributed by atoms with E-state index in [9.17, 15) is 51.1 Å². The SMILES string of the molecule is OC[C@H]1NC[C@H](O)[C@@H](O[C@@H]2O[C@H](CO[C@@H]3O[C@H](CO)[C@@H](O)[C@H](O)[C@H]3O)[C@@H](O)[C@H](O)[C@H]2O)[C@@H]1O. The van der Waals surface area contributed by atoms with Crippen molar-refractivity contribution < 1.29 is 70.0 Å². The van der Waals surface area contributed by atoms with Crippen LogP contribution in [0.1, 0.15) is 0 Å². The largest absolute Gasteiger partial charge is 0.395 e. The molecule has 11 N–H and O–H groups in total. The van der Waals surface area contributed by atoms with Gasteiger partial charge in [0.1, 0.15) is 61.0 Å². The van der Waals surface area contributed by atoms with Gasteiger partial charge in [0, 0.05) is 6.54 Å². The molecule has 0 spiro atoms. The Morgan fingerprint density at radius 3 is 1.85 bits per heavy atom. The molecule has 0 aromatic heterocycles. The van der Waals surface area contributed by atoms with Crippen LogP contribution in [0, 0.1) is 0 Å². The van der Waals surface area contributed by atoms with Crippen LogP contribution in [-0.4, -0.2) is 163 Å². The number of aliphatic hydroxyl groups is 10. The number of β-amino-alcohol motifs (C(OH)–C–C–N with tert-alkyl or cyclic N) is 1. The Bertz CT molecular complexity index is 615. The molecule has 3 aliphatic heterocycles. The first-order valence-electron chi connectivity index (χ1n) is 10.6. The third-order valence-corrected chi connectivity index (χ3v) is 6.15. The predicted molar refractivity (Wildman–Crippen MR) is 102 cm³/mol. The Hall–Kier alpha value is -0.600. The minimum atomic E-state index is -1.78. The molecular weight excluding hydrogens is 454 g/mol. The van der Waals surface area contributed by atoms with Gasteiger partial charge in [-0.2, -0.15) is 0 Å². The van der Waals surface area contributed by atoms with Gasteiger partial charge in [0.05, 0.1) is 32.0 Å². The third-order valence-electron chi connectivity index (χ3n) is 6.15. The summed E-state index contributed by atoms with van der Waals surface area (Å²) in [5.74, 6) is 0. The second-order valence-corrected chi connectivity index (χ2v) is 8.40. The smallest absolute Gasteiger partial charge is 0.187 e.